The minimum atomic E-state index is -0.881. The first-order valence-electron chi connectivity index (χ1n) is 8.81. The predicted molar refractivity (Wildman–Crippen MR) is 99.6 cm³/mol. The summed E-state index contributed by atoms with van der Waals surface area (Å²) in [6.45, 7) is 10.6. The second kappa shape index (κ2) is 9.43. The first-order valence-corrected chi connectivity index (χ1v) is 8.81. The van der Waals surface area contributed by atoms with Crippen LogP contribution in [0.4, 0.5) is 5.69 Å². The molecule has 0 unspecified atom stereocenters. The summed E-state index contributed by atoms with van der Waals surface area (Å²) in [6, 6.07) is 7.19. The second-order valence-electron chi connectivity index (χ2n) is 7.10. The molecule has 25 heavy (non-hydrogen) atoms. The predicted octanol–water partition coefficient (Wildman–Crippen LogP) is 4.37. The quantitative estimate of drug-likeness (QED) is 0.720. The molecular weight excluding hydrogens is 316 g/mol. The zero-order valence-corrected chi connectivity index (χ0v) is 16.2. The van der Waals surface area contributed by atoms with Crippen molar-refractivity contribution in [2.24, 2.45) is 11.8 Å². The number of benzene rings is 1. The van der Waals surface area contributed by atoms with E-state index < -0.39 is 5.60 Å². The molecule has 0 saturated carbocycles. The molecule has 138 valence electrons. The molecule has 0 fully saturated rings. The van der Waals surface area contributed by atoms with E-state index >= 15 is 0 Å². The van der Waals surface area contributed by atoms with Crippen molar-refractivity contribution in [3.8, 4) is 11.8 Å². The Morgan fingerprint density at radius 1 is 1.24 bits per heavy atom. The summed E-state index contributed by atoms with van der Waals surface area (Å²) in [6.07, 6.45) is 1.27. The Morgan fingerprint density at radius 2 is 1.84 bits per heavy atom. The molecule has 0 spiro atoms. The molecule has 0 bridgehead atoms. The Morgan fingerprint density at radius 3 is 2.28 bits per heavy atom. The van der Waals surface area contributed by atoms with Crippen LogP contribution in [0.5, 0.6) is 5.75 Å². The monoisotopic (exact) mass is 346 g/mol. The lowest BCUT2D eigenvalue weighted by Crippen LogP contribution is -2.46. The molecule has 0 aliphatic heterocycles. The third-order valence-electron chi connectivity index (χ3n) is 3.94. The summed E-state index contributed by atoms with van der Waals surface area (Å²) in [5.74, 6) is 0.981. The van der Waals surface area contributed by atoms with Crippen LogP contribution in [0.15, 0.2) is 18.2 Å². The highest BCUT2D eigenvalue weighted by molar-refractivity contribution is 5.97. The summed E-state index contributed by atoms with van der Waals surface area (Å²) >= 11 is 0. The van der Waals surface area contributed by atoms with Crippen LogP contribution in [0.1, 0.15) is 53.0 Å². The Balaban J connectivity index is 3.09. The Hall–Kier alpha value is -2.06. The van der Waals surface area contributed by atoms with Crippen molar-refractivity contribution in [3.63, 3.8) is 0 Å². The van der Waals surface area contributed by atoms with Gasteiger partial charge in [-0.3, -0.25) is 4.79 Å². The van der Waals surface area contributed by atoms with E-state index in [-0.39, 0.29) is 5.91 Å². The molecule has 5 nitrogen and oxygen atoms in total. The van der Waals surface area contributed by atoms with Gasteiger partial charge >= 0.3 is 0 Å². The topological polar surface area (TPSA) is 71.3 Å². The molecular formula is C20H30N2O3. The maximum atomic E-state index is 13.0. The summed E-state index contributed by atoms with van der Waals surface area (Å²) in [5.41, 5.74) is 0.0857. The number of carbonyl (C=O) groups is 1. The van der Waals surface area contributed by atoms with E-state index in [0.29, 0.717) is 48.3 Å². The van der Waals surface area contributed by atoms with Gasteiger partial charge in [-0.15, -0.1) is 0 Å². The van der Waals surface area contributed by atoms with Crippen molar-refractivity contribution in [1.29, 1.82) is 5.26 Å². The minimum Gasteiger partial charge on any atom is -0.492 e. The van der Waals surface area contributed by atoms with E-state index in [0.717, 1.165) is 0 Å². The molecule has 0 aliphatic rings. The van der Waals surface area contributed by atoms with Gasteiger partial charge in [-0.2, -0.15) is 5.26 Å². The van der Waals surface area contributed by atoms with Crippen molar-refractivity contribution < 1.29 is 14.3 Å². The largest absolute Gasteiger partial charge is 0.492 e. The average molecular weight is 346 g/mol. The first kappa shape index (κ1) is 21.0. The SMILES string of the molecule is CCOc1ccc(NC(=O)C(CC(C)C)(CC(C)C)OC)cc1C#N. The van der Waals surface area contributed by atoms with Crippen molar-refractivity contribution >= 4 is 11.6 Å². The molecule has 0 atom stereocenters. The van der Waals surface area contributed by atoms with Gasteiger partial charge in [0.2, 0.25) is 0 Å². The normalized spacial score (nSPS) is 11.5. The number of ether oxygens (including phenoxy) is 2. The molecule has 0 aliphatic carbocycles. The fourth-order valence-corrected chi connectivity index (χ4v) is 3.07. The van der Waals surface area contributed by atoms with Crippen molar-refractivity contribution in [2.75, 3.05) is 19.0 Å². The highest BCUT2D eigenvalue weighted by Crippen LogP contribution is 2.31. The van der Waals surface area contributed by atoms with Crippen LogP contribution in [0.25, 0.3) is 0 Å². The van der Waals surface area contributed by atoms with E-state index in [4.69, 9.17) is 9.47 Å². The Labute approximate surface area is 151 Å². The summed E-state index contributed by atoms with van der Waals surface area (Å²) in [4.78, 5) is 13.0. The molecule has 0 saturated heterocycles. The molecule has 5 heteroatoms. The number of hydrogen-bond acceptors (Lipinski definition) is 4. The molecule has 0 radical (unpaired) electrons. The van der Waals surface area contributed by atoms with Gasteiger partial charge in [-0.05, 0) is 49.8 Å². The fraction of sp³-hybridized carbons (Fsp3) is 0.600. The number of hydrogen-bond donors (Lipinski definition) is 1. The summed E-state index contributed by atoms with van der Waals surface area (Å²) < 4.78 is 11.1. The Bertz CT molecular complexity index is 608. The van der Waals surface area contributed by atoms with Gasteiger partial charge in [0.15, 0.2) is 0 Å². The van der Waals surface area contributed by atoms with Gasteiger partial charge in [0, 0.05) is 12.8 Å². The zero-order chi connectivity index (χ0) is 19.0. The van der Waals surface area contributed by atoms with Crippen LogP contribution in [0, 0.1) is 23.2 Å². The average Bonchev–Trinajstić information content (AvgIpc) is 2.54. The van der Waals surface area contributed by atoms with Crippen molar-refractivity contribution in [3.05, 3.63) is 23.8 Å². The number of rotatable bonds is 9. The number of amides is 1. The van der Waals surface area contributed by atoms with Crippen LogP contribution in [0.3, 0.4) is 0 Å². The number of nitrogens with zero attached hydrogens (tertiary/aromatic N) is 1. The molecule has 1 N–H and O–H groups in total. The van der Waals surface area contributed by atoms with E-state index in [9.17, 15) is 10.1 Å². The van der Waals surface area contributed by atoms with Gasteiger partial charge < -0.3 is 14.8 Å². The molecule has 0 aromatic heterocycles. The van der Waals surface area contributed by atoms with E-state index in [1.54, 1.807) is 25.3 Å². The first-order chi connectivity index (χ1) is 11.8. The van der Waals surface area contributed by atoms with Gasteiger partial charge in [0.25, 0.3) is 5.91 Å². The number of methoxy groups -OCH3 is 1. The molecule has 1 amide bonds. The van der Waals surface area contributed by atoms with Crippen LogP contribution in [-0.2, 0) is 9.53 Å². The van der Waals surface area contributed by atoms with E-state index in [1.807, 2.05) is 6.92 Å². The number of carbonyl (C=O) groups excluding carboxylic acids is 1. The van der Waals surface area contributed by atoms with Gasteiger partial charge in [-0.25, -0.2) is 0 Å². The summed E-state index contributed by atoms with van der Waals surface area (Å²) in [7, 11) is 1.59. The number of anilines is 1. The lowest BCUT2D eigenvalue weighted by molar-refractivity contribution is -0.142. The second-order valence-corrected chi connectivity index (χ2v) is 7.10. The number of nitrogens with one attached hydrogen (secondary N) is 1. The van der Waals surface area contributed by atoms with Gasteiger partial charge in [0.1, 0.15) is 17.4 Å². The van der Waals surface area contributed by atoms with Crippen molar-refractivity contribution in [2.45, 2.75) is 53.1 Å². The molecule has 1 aromatic rings. The van der Waals surface area contributed by atoms with Crippen LogP contribution in [0.2, 0.25) is 0 Å². The maximum Gasteiger partial charge on any atom is 0.256 e. The van der Waals surface area contributed by atoms with Crippen LogP contribution in [-0.4, -0.2) is 25.2 Å². The zero-order valence-electron chi connectivity index (χ0n) is 16.2. The maximum absolute atomic E-state index is 13.0. The van der Waals surface area contributed by atoms with Gasteiger partial charge in [0.05, 0.1) is 12.2 Å². The highest BCUT2D eigenvalue weighted by atomic mass is 16.5. The number of nitriles is 1. The molecule has 1 aromatic carbocycles. The minimum absolute atomic E-state index is 0.176. The molecule has 1 rings (SSSR count). The van der Waals surface area contributed by atoms with Gasteiger partial charge in [-0.1, -0.05) is 27.7 Å². The summed E-state index contributed by atoms with van der Waals surface area (Å²) in [5, 5.41) is 12.2. The van der Waals surface area contributed by atoms with E-state index in [2.05, 4.69) is 39.1 Å². The smallest absolute Gasteiger partial charge is 0.256 e. The third-order valence-corrected chi connectivity index (χ3v) is 3.94. The standard InChI is InChI=1S/C20H30N2O3/c1-7-25-18-9-8-17(10-16(18)13-21)22-19(23)20(24-6,11-14(2)3)12-15(4)5/h8-10,14-15H,7,11-12H2,1-6H3,(H,22,23). The van der Waals surface area contributed by atoms with E-state index in [1.165, 1.54) is 0 Å². The van der Waals surface area contributed by atoms with Crippen LogP contribution < -0.4 is 10.1 Å². The molecule has 0 heterocycles. The van der Waals surface area contributed by atoms with Crippen LogP contribution >= 0.6 is 0 Å². The highest BCUT2D eigenvalue weighted by Gasteiger charge is 2.39. The van der Waals surface area contributed by atoms with Crippen molar-refractivity contribution in [1.82, 2.24) is 0 Å². The lowest BCUT2D eigenvalue weighted by atomic mass is 9.84. The lowest BCUT2D eigenvalue weighted by Gasteiger charge is -2.34. The Kier molecular flexibility index (Phi) is 7.92. The third kappa shape index (κ3) is 5.75. The fourth-order valence-electron chi connectivity index (χ4n) is 3.07.